The molecule has 6 heteroatoms. The van der Waals surface area contributed by atoms with Crippen molar-refractivity contribution >= 4 is 5.96 Å². The Bertz CT molecular complexity index is 814. The molecular formula is C21H28FN3O2. The first-order valence-electron chi connectivity index (χ1n) is 8.88. The lowest BCUT2D eigenvalue weighted by Crippen LogP contribution is -2.36. The molecule has 0 aromatic heterocycles. The minimum absolute atomic E-state index is 0.286. The highest BCUT2D eigenvalue weighted by molar-refractivity contribution is 5.79. The number of phenols is 1. The largest absolute Gasteiger partial charge is 0.505 e. The first kappa shape index (κ1) is 20.6. The average molecular weight is 373 g/mol. The maximum absolute atomic E-state index is 13.4. The molecule has 0 saturated heterocycles. The second-order valence-electron chi connectivity index (χ2n) is 7.39. The quantitative estimate of drug-likeness (QED) is 0.550. The van der Waals surface area contributed by atoms with E-state index in [4.69, 9.17) is 4.74 Å². The normalized spacial score (nSPS) is 12.0. The van der Waals surface area contributed by atoms with Crippen molar-refractivity contribution in [3.8, 4) is 11.5 Å². The number of hydrogen-bond donors (Lipinski definition) is 3. The van der Waals surface area contributed by atoms with Gasteiger partial charge < -0.3 is 20.5 Å². The molecule has 0 unspecified atom stereocenters. The summed E-state index contributed by atoms with van der Waals surface area (Å²) < 4.78 is 19.5. The second-order valence-corrected chi connectivity index (χ2v) is 7.39. The first-order valence-corrected chi connectivity index (χ1v) is 8.88. The number of phenolic OH excluding ortho intramolecular Hbond substituents is 1. The van der Waals surface area contributed by atoms with Gasteiger partial charge in [-0.1, -0.05) is 18.2 Å². The van der Waals surface area contributed by atoms with Crippen molar-refractivity contribution in [1.82, 2.24) is 10.6 Å². The number of rotatable bonds is 5. The number of nitrogens with one attached hydrogen (secondary N) is 2. The van der Waals surface area contributed by atoms with Gasteiger partial charge >= 0.3 is 0 Å². The molecule has 0 saturated carbocycles. The fraction of sp³-hybridized carbons (Fsp3) is 0.381. The summed E-state index contributed by atoms with van der Waals surface area (Å²) in [5.41, 5.74) is 2.58. The Hall–Kier alpha value is -2.76. The number of ether oxygens (including phenoxy) is 1. The highest BCUT2D eigenvalue weighted by atomic mass is 19.1. The summed E-state index contributed by atoms with van der Waals surface area (Å²) in [5, 5.41) is 15.6. The molecule has 0 aliphatic carbocycles. The van der Waals surface area contributed by atoms with Gasteiger partial charge in [0.1, 0.15) is 11.4 Å². The Labute approximate surface area is 160 Å². The van der Waals surface area contributed by atoms with Crippen LogP contribution < -0.4 is 15.4 Å². The van der Waals surface area contributed by atoms with Crippen molar-refractivity contribution in [2.45, 2.75) is 46.4 Å². The van der Waals surface area contributed by atoms with E-state index in [0.717, 1.165) is 16.9 Å². The van der Waals surface area contributed by atoms with E-state index in [1.165, 1.54) is 12.1 Å². The van der Waals surface area contributed by atoms with E-state index < -0.39 is 5.82 Å². The minimum Gasteiger partial charge on any atom is -0.505 e. The third kappa shape index (κ3) is 6.47. The molecule has 0 aliphatic rings. The van der Waals surface area contributed by atoms with E-state index in [1.807, 2.05) is 45.9 Å². The fourth-order valence-corrected chi connectivity index (χ4v) is 2.48. The Morgan fingerprint density at radius 2 is 1.81 bits per heavy atom. The highest BCUT2D eigenvalue weighted by Gasteiger charge is 2.15. The number of guanidine groups is 1. The van der Waals surface area contributed by atoms with E-state index in [1.54, 1.807) is 13.1 Å². The summed E-state index contributed by atoms with van der Waals surface area (Å²) in [6.07, 6.45) is 0. The van der Waals surface area contributed by atoms with Crippen LogP contribution in [0, 0.1) is 12.7 Å². The van der Waals surface area contributed by atoms with Gasteiger partial charge in [-0.05, 0) is 57.0 Å². The monoisotopic (exact) mass is 373 g/mol. The first-order chi connectivity index (χ1) is 12.7. The van der Waals surface area contributed by atoms with Crippen LogP contribution in [0.15, 0.2) is 41.4 Å². The topological polar surface area (TPSA) is 65.9 Å². The van der Waals surface area contributed by atoms with Crippen LogP contribution in [0.4, 0.5) is 4.39 Å². The highest BCUT2D eigenvalue weighted by Crippen LogP contribution is 2.24. The smallest absolute Gasteiger partial charge is 0.191 e. The summed E-state index contributed by atoms with van der Waals surface area (Å²) in [6.45, 7) is 9.01. The van der Waals surface area contributed by atoms with Gasteiger partial charge in [-0.3, -0.25) is 4.99 Å². The zero-order valence-corrected chi connectivity index (χ0v) is 16.6. The Kier molecular flexibility index (Phi) is 6.66. The van der Waals surface area contributed by atoms with Crippen LogP contribution in [0.1, 0.15) is 37.5 Å². The second kappa shape index (κ2) is 8.75. The van der Waals surface area contributed by atoms with E-state index in [0.29, 0.717) is 24.6 Å². The molecule has 3 N–H and O–H groups in total. The fourth-order valence-electron chi connectivity index (χ4n) is 2.48. The lowest BCUT2D eigenvalue weighted by molar-refractivity contribution is 0.129. The van der Waals surface area contributed by atoms with Crippen LogP contribution in [0.5, 0.6) is 11.5 Å². The molecular weight excluding hydrogens is 345 g/mol. The summed E-state index contributed by atoms with van der Waals surface area (Å²) in [5.74, 6) is 0.435. The van der Waals surface area contributed by atoms with Gasteiger partial charge in [0.05, 0.1) is 0 Å². The third-order valence-corrected chi connectivity index (χ3v) is 3.78. The van der Waals surface area contributed by atoms with Gasteiger partial charge in [0.15, 0.2) is 17.5 Å². The molecule has 2 aromatic carbocycles. The van der Waals surface area contributed by atoms with Crippen molar-refractivity contribution in [2.24, 2.45) is 4.99 Å². The summed E-state index contributed by atoms with van der Waals surface area (Å²) in [4.78, 5) is 4.19. The molecule has 2 rings (SSSR count). The van der Waals surface area contributed by atoms with E-state index in [-0.39, 0.29) is 11.4 Å². The SMILES string of the molecule is CN=C(NCc1ccc(O)c(F)c1)NCc1ccc(C)cc1OC(C)(C)C. The van der Waals surface area contributed by atoms with E-state index in [2.05, 4.69) is 15.6 Å². The van der Waals surface area contributed by atoms with Crippen molar-refractivity contribution in [2.75, 3.05) is 7.05 Å². The molecule has 0 amide bonds. The van der Waals surface area contributed by atoms with Crippen LogP contribution in [0.3, 0.4) is 0 Å². The predicted molar refractivity (Wildman–Crippen MR) is 107 cm³/mol. The number of aryl methyl sites for hydroxylation is 1. The van der Waals surface area contributed by atoms with Gasteiger partial charge in [-0.25, -0.2) is 4.39 Å². The Balaban J connectivity index is 2.00. The molecule has 0 spiro atoms. The molecule has 0 fully saturated rings. The van der Waals surface area contributed by atoms with Gasteiger partial charge in [0, 0.05) is 25.7 Å². The molecule has 0 radical (unpaired) electrons. The standard InChI is InChI=1S/C21H28FN3O2/c1-14-6-8-16(19(10-14)27-21(2,3)4)13-25-20(23-5)24-12-15-7-9-18(26)17(22)11-15/h6-11,26H,12-13H2,1-5H3,(H2,23,24,25). The third-order valence-electron chi connectivity index (χ3n) is 3.78. The maximum Gasteiger partial charge on any atom is 0.191 e. The molecule has 0 atom stereocenters. The van der Waals surface area contributed by atoms with E-state index >= 15 is 0 Å². The van der Waals surface area contributed by atoms with Crippen molar-refractivity contribution in [3.63, 3.8) is 0 Å². The average Bonchev–Trinajstić information content (AvgIpc) is 2.58. The van der Waals surface area contributed by atoms with Crippen molar-refractivity contribution < 1.29 is 14.2 Å². The molecule has 2 aromatic rings. The number of aliphatic imine (C=N–C) groups is 1. The summed E-state index contributed by atoms with van der Waals surface area (Å²) in [7, 11) is 1.68. The van der Waals surface area contributed by atoms with Crippen LogP contribution in [0.25, 0.3) is 0 Å². The van der Waals surface area contributed by atoms with E-state index in [9.17, 15) is 9.50 Å². The van der Waals surface area contributed by atoms with Crippen LogP contribution in [0.2, 0.25) is 0 Å². The maximum atomic E-state index is 13.4. The molecule has 146 valence electrons. The molecule has 27 heavy (non-hydrogen) atoms. The lowest BCUT2D eigenvalue weighted by Gasteiger charge is -2.24. The number of aromatic hydroxyl groups is 1. The molecule has 0 aliphatic heterocycles. The van der Waals surface area contributed by atoms with Gasteiger partial charge in [-0.15, -0.1) is 0 Å². The Morgan fingerprint density at radius 1 is 1.11 bits per heavy atom. The van der Waals surface area contributed by atoms with Gasteiger partial charge in [-0.2, -0.15) is 0 Å². The van der Waals surface area contributed by atoms with Crippen molar-refractivity contribution in [3.05, 3.63) is 58.9 Å². The number of benzene rings is 2. The van der Waals surface area contributed by atoms with Gasteiger partial charge in [0.2, 0.25) is 0 Å². The number of nitrogens with zero attached hydrogens (tertiary/aromatic N) is 1. The van der Waals surface area contributed by atoms with Crippen molar-refractivity contribution in [1.29, 1.82) is 0 Å². The number of hydrogen-bond acceptors (Lipinski definition) is 3. The molecule has 0 heterocycles. The molecule has 0 bridgehead atoms. The summed E-state index contributed by atoms with van der Waals surface area (Å²) in [6, 6.07) is 10.4. The zero-order valence-electron chi connectivity index (χ0n) is 16.6. The predicted octanol–water partition coefficient (Wildman–Crippen LogP) is 3.88. The summed E-state index contributed by atoms with van der Waals surface area (Å²) >= 11 is 0. The lowest BCUT2D eigenvalue weighted by atomic mass is 10.1. The number of halogens is 1. The Morgan fingerprint density at radius 3 is 2.44 bits per heavy atom. The van der Waals surface area contributed by atoms with Crippen LogP contribution in [-0.4, -0.2) is 23.7 Å². The zero-order chi connectivity index (χ0) is 20.0. The van der Waals surface area contributed by atoms with Gasteiger partial charge in [0.25, 0.3) is 0 Å². The van der Waals surface area contributed by atoms with Crippen LogP contribution >= 0.6 is 0 Å². The minimum atomic E-state index is -0.638. The van der Waals surface area contributed by atoms with Crippen LogP contribution in [-0.2, 0) is 13.1 Å². The molecule has 5 nitrogen and oxygen atoms in total.